The van der Waals surface area contributed by atoms with Crippen molar-refractivity contribution in [3.63, 3.8) is 0 Å². The Bertz CT molecular complexity index is 518. The van der Waals surface area contributed by atoms with Crippen LogP contribution in [0, 0.1) is 0 Å². The summed E-state index contributed by atoms with van der Waals surface area (Å²) in [5, 5.41) is 19.1. The van der Waals surface area contributed by atoms with Crippen LogP contribution in [0.25, 0.3) is 0 Å². The first-order valence-electron chi connectivity index (χ1n) is 7.33. The van der Waals surface area contributed by atoms with E-state index in [4.69, 9.17) is 25.8 Å². The maximum Gasteiger partial charge on any atom is 0.159 e. The summed E-state index contributed by atoms with van der Waals surface area (Å²) in [7, 11) is -0.00847. The standard InChI is InChI=1S/C12H21N6O4P/c13-8(2-19)23-21-3-6-1-7(20)12(22-6)18-5-17-9-10(14)15-4-16-11(9)18/h4-9,11-12,19-20,23H,1-3,13H2,(H2,14,15,16). The van der Waals surface area contributed by atoms with Crippen LogP contribution in [0.15, 0.2) is 15.0 Å². The SMILES string of the molecule is NC1=NC=NC2C1N=CN2C1OC(COPC(N)CO)CC1O. The van der Waals surface area contributed by atoms with Crippen molar-refractivity contribution in [2.75, 3.05) is 13.2 Å². The third-order valence-electron chi connectivity index (χ3n) is 3.84. The lowest BCUT2D eigenvalue weighted by atomic mass is 10.1. The van der Waals surface area contributed by atoms with Crippen molar-refractivity contribution in [2.45, 2.75) is 42.8 Å². The van der Waals surface area contributed by atoms with Crippen LogP contribution < -0.4 is 11.5 Å². The minimum Gasteiger partial charge on any atom is -0.394 e. The van der Waals surface area contributed by atoms with Gasteiger partial charge in [-0.2, -0.15) is 0 Å². The third-order valence-corrected chi connectivity index (χ3v) is 4.66. The zero-order chi connectivity index (χ0) is 16.4. The highest BCUT2D eigenvalue weighted by Gasteiger charge is 2.45. The topological polar surface area (TPSA) is 151 Å². The Kier molecular flexibility index (Phi) is 5.20. The first kappa shape index (κ1) is 16.7. The molecule has 1 saturated heterocycles. The largest absolute Gasteiger partial charge is 0.394 e. The summed E-state index contributed by atoms with van der Waals surface area (Å²) in [5.41, 5.74) is 11.4. The molecular weight excluding hydrogens is 323 g/mol. The average Bonchev–Trinajstić information content (AvgIpc) is 3.11. The number of rotatable bonds is 6. The van der Waals surface area contributed by atoms with E-state index in [9.17, 15) is 5.11 Å². The zero-order valence-corrected chi connectivity index (χ0v) is 13.4. The number of aliphatic imine (C=N–C) groups is 3. The summed E-state index contributed by atoms with van der Waals surface area (Å²) >= 11 is 0. The van der Waals surface area contributed by atoms with Crippen molar-refractivity contribution in [1.82, 2.24) is 4.90 Å². The normalized spacial score (nSPS) is 37.6. The predicted octanol–water partition coefficient (Wildman–Crippen LogP) is -2.21. The molecule has 0 amide bonds. The van der Waals surface area contributed by atoms with E-state index in [1.54, 1.807) is 11.2 Å². The number of aliphatic hydroxyl groups is 2. The molecule has 0 radical (unpaired) electrons. The van der Waals surface area contributed by atoms with Gasteiger partial charge in [-0.05, 0) is 0 Å². The number of hydrogen-bond donors (Lipinski definition) is 4. The van der Waals surface area contributed by atoms with E-state index in [-0.39, 0.29) is 39.5 Å². The quantitative estimate of drug-likeness (QED) is 0.399. The predicted molar refractivity (Wildman–Crippen MR) is 86.6 cm³/mol. The van der Waals surface area contributed by atoms with Crippen molar-refractivity contribution in [2.24, 2.45) is 26.4 Å². The van der Waals surface area contributed by atoms with Gasteiger partial charge in [-0.3, -0.25) is 4.99 Å². The van der Waals surface area contributed by atoms with Gasteiger partial charge < -0.3 is 35.8 Å². The number of hydrogen-bond acceptors (Lipinski definition) is 10. The molecule has 0 aromatic heterocycles. The molecule has 7 unspecified atom stereocenters. The molecule has 0 aromatic rings. The Hall–Kier alpha value is -1.16. The molecule has 0 aliphatic carbocycles. The van der Waals surface area contributed by atoms with E-state index in [1.807, 2.05) is 0 Å². The van der Waals surface area contributed by atoms with Gasteiger partial charge in [-0.15, -0.1) is 0 Å². The fourth-order valence-corrected chi connectivity index (χ4v) is 3.27. The van der Waals surface area contributed by atoms with Crippen LogP contribution in [0.4, 0.5) is 0 Å². The van der Waals surface area contributed by atoms with Crippen LogP contribution in [0.2, 0.25) is 0 Å². The zero-order valence-electron chi connectivity index (χ0n) is 12.4. The van der Waals surface area contributed by atoms with Gasteiger partial charge in [0, 0.05) is 15.2 Å². The Morgan fingerprint density at radius 2 is 2.35 bits per heavy atom. The Morgan fingerprint density at radius 3 is 3.13 bits per heavy atom. The van der Waals surface area contributed by atoms with Crippen LogP contribution in [-0.4, -0.2) is 83.3 Å². The van der Waals surface area contributed by atoms with Gasteiger partial charge in [0.2, 0.25) is 0 Å². The molecule has 0 bridgehead atoms. The van der Waals surface area contributed by atoms with E-state index in [0.717, 1.165) is 0 Å². The van der Waals surface area contributed by atoms with Crippen LogP contribution in [0.1, 0.15) is 6.42 Å². The lowest BCUT2D eigenvalue weighted by molar-refractivity contribution is -0.0744. The molecule has 3 aliphatic rings. The Morgan fingerprint density at radius 1 is 1.52 bits per heavy atom. The minimum absolute atomic E-state index is 0.00847. The highest BCUT2D eigenvalue weighted by atomic mass is 31.1. The molecule has 3 aliphatic heterocycles. The highest BCUT2D eigenvalue weighted by molar-refractivity contribution is 7.33. The third kappa shape index (κ3) is 3.52. The lowest BCUT2D eigenvalue weighted by Crippen LogP contribution is -2.50. The number of fused-ring (bicyclic) bond motifs is 1. The number of nitrogens with two attached hydrogens (primary N) is 2. The van der Waals surface area contributed by atoms with E-state index in [1.165, 1.54) is 6.34 Å². The van der Waals surface area contributed by atoms with Crippen molar-refractivity contribution in [1.29, 1.82) is 0 Å². The van der Waals surface area contributed by atoms with Gasteiger partial charge >= 0.3 is 0 Å². The van der Waals surface area contributed by atoms with Gasteiger partial charge in [0.05, 0.1) is 31.4 Å². The molecular formula is C12H21N6O4P. The van der Waals surface area contributed by atoms with Crippen molar-refractivity contribution < 1.29 is 19.5 Å². The number of amidine groups is 1. The fraction of sp³-hybridized carbons (Fsp3) is 0.750. The monoisotopic (exact) mass is 344 g/mol. The molecule has 3 rings (SSSR count). The summed E-state index contributed by atoms with van der Waals surface area (Å²) in [5.74, 6) is 0.0118. The fourth-order valence-electron chi connectivity index (χ4n) is 2.70. The molecule has 3 heterocycles. The molecule has 0 saturated carbocycles. The van der Waals surface area contributed by atoms with Crippen molar-refractivity contribution in [3.05, 3.63) is 0 Å². The maximum absolute atomic E-state index is 10.3. The van der Waals surface area contributed by atoms with Crippen LogP contribution in [0.3, 0.4) is 0 Å². The molecule has 23 heavy (non-hydrogen) atoms. The highest BCUT2D eigenvalue weighted by Crippen LogP contribution is 2.30. The van der Waals surface area contributed by atoms with Crippen molar-refractivity contribution in [3.8, 4) is 0 Å². The summed E-state index contributed by atoms with van der Waals surface area (Å²) in [6.07, 6.45) is 1.62. The van der Waals surface area contributed by atoms with Gasteiger partial charge in [0.1, 0.15) is 24.3 Å². The van der Waals surface area contributed by atoms with Crippen LogP contribution >= 0.6 is 8.81 Å². The second-order valence-corrected chi connectivity index (χ2v) is 6.82. The molecule has 6 N–H and O–H groups in total. The minimum atomic E-state index is -0.682. The second kappa shape index (κ2) is 7.16. The lowest BCUT2D eigenvalue weighted by Gasteiger charge is -2.31. The summed E-state index contributed by atoms with van der Waals surface area (Å²) in [6, 6.07) is -0.338. The summed E-state index contributed by atoms with van der Waals surface area (Å²) in [6.45, 7) is 0.190. The van der Waals surface area contributed by atoms with E-state index in [0.29, 0.717) is 18.9 Å². The Labute approximate surface area is 135 Å². The molecule has 10 nitrogen and oxygen atoms in total. The summed E-state index contributed by atoms with van der Waals surface area (Å²) in [4.78, 5) is 14.3. The number of ether oxygens (including phenoxy) is 1. The maximum atomic E-state index is 10.3. The van der Waals surface area contributed by atoms with Gasteiger partial charge in [-0.1, -0.05) is 0 Å². The summed E-state index contributed by atoms with van der Waals surface area (Å²) < 4.78 is 11.3. The first-order valence-corrected chi connectivity index (χ1v) is 8.31. The molecule has 128 valence electrons. The van der Waals surface area contributed by atoms with E-state index < -0.39 is 12.3 Å². The Balaban J connectivity index is 1.54. The number of aliphatic hydroxyl groups excluding tert-OH is 2. The number of nitrogens with zero attached hydrogens (tertiary/aromatic N) is 4. The van der Waals surface area contributed by atoms with Crippen molar-refractivity contribution >= 4 is 27.3 Å². The average molecular weight is 344 g/mol. The van der Waals surface area contributed by atoms with Crippen LogP contribution in [0.5, 0.6) is 0 Å². The smallest absolute Gasteiger partial charge is 0.159 e. The first-order chi connectivity index (χ1) is 11.1. The van der Waals surface area contributed by atoms with Gasteiger partial charge in [-0.25, -0.2) is 9.98 Å². The molecule has 11 heteroatoms. The van der Waals surface area contributed by atoms with Crippen LogP contribution in [-0.2, 0) is 9.26 Å². The molecule has 1 fully saturated rings. The molecule has 7 atom stereocenters. The molecule has 0 aromatic carbocycles. The van der Waals surface area contributed by atoms with E-state index >= 15 is 0 Å². The molecule has 0 spiro atoms. The van der Waals surface area contributed by atoms with E-state index in [2.05, 4.69) is 15.0 Å². The second-order valence-electron chi connectivity index (χ2n) is 5.56. The van der Waals surface area contributed by atoms with Gasteiger partial charge in [0.15, 0.2) is 12.4 Å². The van der Waals surface area contributed by atoms with Gasteiger partial charge in [0.25, 0.3) is 0 Å².